The van der Waals surface area contributed by atoms with E-state index in [1.165, 1.54) is 0 Å². The quantitative estimate of drug-likeness (QED) is 0.112. The molecule has 0 spiro atoms. The Bertz CT molecular complexity index is 1470. The number of amides is 4. The van der Waals surface area contributed by atoms with Crippen LogP contribution in [0.5, 0.6) is 0 Å². The molecule has 0 saturated carbocycles. The summed E-state index contributed by atoms with van der Waals surface area (Å²) in [4.78, 5) is 26.5. The van der Waals surface area contributed by atoms with Crippen LogP contribution >= 0.6 is 15.2 Å². The van der Waals surface area contributed by atoms with Crippen molar-refractivity contribution in [3.63, 3.8) is 0 Å². The zero-order valence-electron chi connectivity index (χ0n) is 26.1. The lowest BCUT2D eigenvalue weighted by Crippen LogP contribution is -2.34. The Morgan fingerprint density at radius 1 is 0.622 bits per heavy atom. The van der Waals surface area contributed by atoms with E-state index in [0.717, 1.165) is 0 Å². The molecule has 0 aromatic heterocycles. The molecule has 4 N–H and O–H groups in total. The number of nitrogens with one attached hydrogen (secondary N) is 4. The number of carbonyl (C=O) groups excluding carboxylic acids is 2. The molecule has 3 aromatic rings. The fourth-order valence-corrected chi connectivity index (χ4v) is 8.27. The maximum Gasteiger partial charge on any atom is 0.357 e. The maximum absolute atomic E-state index is 13.7. The van der Waals surface area contributed by atoms with Gasteiger partial charge in [0.25, 0.3) is 0 Å². The van der Waals surface area contributed by atoms with Gasteiger partial charge in [0, 0.05) is 11.4 Å². The van der Waals surface area contributed by atoms with Crippen LogP contribution in [0.1, 0.15) is 56.0 Å². The number of urea groups is 2. The molecule has 0 saturated heterocycles. The van der Waals surface area contributed by atoms with E-state index in [1.54, 1.807) is 113 Å². The third kappa shape index (κ3) is 9.99. The lowest BCUT2D eigenvalue weighted by atomic mass is 10.2. The predicted octanol–water partition coefficient (Wildman–Crippen LogP) is 8.17. The molecule has 0 fully saturated rings. The van der Waals surface area contributed by atoms with Crippen LogP contribution in [-0.2, 0) is 27.2 Å². The number of rotatable bonds is 16. The fourth-order valence-electron chi connectivity index (χ4n) is 4.46. The zero-order chi connectivity index (χ0) is 32.9. The molecule has 0 aliphatic carbocycles. The van der Waals surface area contributed by atoms with Gasteiger partial charge in [0.15, 0.2) is 11.6 Å². The Morgan fingerprint density at radius 2 is 1.02 bits per heavy atom. The van der Waals surface area contributed by atoms with Gasteiger partial charge < -0.3 is 39.4 Å². The molecule has 0 unspecified atom stereocenters. The number of carbonyl (C=O) groups is 2. The molecule has 0 heterocycles. The minimum absolute atomic E-state index is 0.120. The summed E-state index contributed by atoms with van der Waals surface area (Å²) in [6, 6.07) is 21.2. The lowest BCUT2D eigenvalue weighted by Gasteiger charge is -2.28. The minimum atomic E-state index is -3.79. The topological polar surface area (TPSA) is 153 Å². The Kier molecular flexibility index (Phi) is 13.8. The average Bonchev–Trinajstić information content (AvgIpc) is 3.01. The second-order valence-corrected chi connectivity index (χ2v) is 13.8. The molecule has 45 heavy (non-hydrogen) atoms. The number of benzene rings is 3. The summed E-state index contributed by atoms with van der Waals surface area (Å²) in [6.45, 7) is 9.04. The van der Waals surface area contributed by atoms with Crippen molar-refractivity contribution in [2.75, 3.05) is 37.1 Å². The molecule has 12 nitrogen and oxygen atoms in total. The number of hydrogen-bond donors (Lipinski definition) is 4. The smallest absolute Gasteiger partial charge is 0.320 e. The summed E-state index contributed by atoms with van der Waals surface area (Å²) in [7, 11) is -7.58. The van der Waals surface area contributed by atoms with Gasteiger partial charge in [-0.25, -0.2) is 9.59 Å². The van der Waals surface area contributed by atoms with Gasteiger partial charge in [-0.2, -0.15) is 0 Å². The first-order valence-corrected chi connectivity index (χ1v) is 17.9. The van der Waals surface area contributed by atoms with Crippen molar-refractivity contribution >= 4 is 38.6 Å². The third-order valence-electron chi connectivity index (χ3n) is 6.38. The standard InChI is InChI=1S/C31H42N4O8P2/c1-6-40-44(38,41-7-2)28(24-16-12-10-13-17-24)34-30(36)32-26-21-20-23(5)27(22-26)33-31(37)35-29(25-18-14-11-15-19-25)45(39,42-8-3)43-9-4/h10-22,28-29H,6-9H2,1-5H3,(H2,32,34,36)(H2,33,35,37)/t28-,29+/m0/s1. The van der Waals surface area contributed by atoms with E-state index in [-0.39, 0.29) is 26.4 Å². The lowest BCUT2D eigenvalue weighted by molar-refractivity contribution is 0.205. The van der Waals surface area contributed by atoms with Gasteiger partial charge in [-0.1, -0.05) is 66.7 Å². The Hall–Kier alpha value is -3.50. The molecule has 3 aromatic carbocycles. The average molecular weight is 661 g/mol. The largest absolute Gasteiger partial charge is 0.357 e. The van der Waals surface area contributed by atoms with E-state index in [9.17, 15) is 18.7 Å². The number of anilines is 2. The van der Waals surface area contributed by atoms with Crippen LogP contribution in [-0.4, -0.2) is 38.5 Å². The molecule has 14 heteroatoms. The summed E-state index contributed by atoms with van der Waals surface area (Å²) >= 11 is 0. The van der Waals surface area contributed by atoms with Crippen molar-refractivity contribution in [1.82, 2.24) is 10.6 Å². The van der Waals surface area contributed by atoms with E-state index in [0.29, 0.717) is 28.1 Å². The van der Waals surface area contributed by atoms with Crippen molar-refractivity contribution in [3.8, 4) is 0 Å². The van der Waals surface area contributed by atoms with Crippen LogP contribution in [0.15, 0.2) is 78.9 Å². The van der Waals surface area contributed by atoms with Gasteiger partial charge >= 0.3 is 27.3 Å². The van der Waals surface area contributed by atoms with Crippen molar-refractivity contribution in [2.45, 2.75) is 46.2 Å². The third-order valence-corrected chi connectivity index (χ3v) is 11.0. The van der Waals surface area contributed by atoms with Crippen LogP contribution in [0.25, 0.3) is 0 Å². The molecule has 0 bridgehead atoms. The summed E-state index contributed by atoms with van der Waals surface area (Å²) < 4.78 is 49.5. The molecule has 2 atom stereocenters. The molecule has 3 rings (SSSR count). The van der Waals surface area contributed by atoms with Crippen LogP contribution in [0.4, 0.5) is 21.0 Å². The first-order valence-electron chi connectivity index (χ1n) is 14.7. The molecular weight excluding hydrogens is 618 g/mol. The summed E-state index contributed by atoms with van der Waals surface area (Å²) in [6.07, 6.45) is 0. The molecule has 244 valence electrons. The highest BCUT2D eigenvalue weighted by Crippen LogP contribution is 2.60. The SMILES string of the molecule is CCOP(=O)(OCC)[C@H](NC(=O)Nc1ccc(C)c(NC(=O)N[C@@H](c2ccccc2)P(=O)(OCC)OCC)c1)c1ccccc1. The van der Waals surface area contributed by atoms with Gasteiger partial charge in [-0.15, -0.1) is 0 Å². The molecule has 0 aliphatic heterocycles. The number of hydrogen-bond acceptors (Lipinski definition) is 8. The highest BCUT2D eigenvalue weighted by atomic mass is 31.2. The van der Waals surface area contributed by atoms with E-state index in [1.807, 2.05) is 0 Å². The Balaban J connectivity index is 1.81. The molecule has 4 amide bonds. The van der Waals surface area contributed by atoms with Gasteiger partial charge in [0.2, 0.25) is 0 Å². The van der Waals surface area contributed by atoms with Crippen molar-refractivity contribution in [2.24, 2.45) is 0 Å². The van der Waals surface area contributed by atoms with E-state index < -0.39 is 38.8 Å². The normalized spacial score (nSPS) is 13.0. The van der Waals surface area contributed by atoms with E-state index in [4.69, 9.17) is 18.1 Å². The monoisotopic (exact) mass is 660 g/mol. The summed E-state index contributed by atoms with van der Waals surface area (Å²) in [5, 5.41) is 11.0. The van der Waals surface area contributed by atoms with Crippen molar-refractivity contribution in [1.29, 1.82) is 0 Å². The zero-order valence-corrected chi connectivity index (χ0v) is 27.9. The predicted molar refractivity (Wildman–Crippen MR) is 176 cm³/mol. The van der Waals surface area contributed by atoms with Crippen LogP contribution in [0, 0.1) is 6.92 Å². The second-order valence-electron chi connectivity index (χ2n) is 9.60. The maximum atomic E-state index is 13.7. The Morgan fingerprint density at radius 3 is 1.42 bits per heavy atom. The highest BCUT2D eigenvalue weighted by molar-refractivity contribution is 7.54. The van der Waals surface area contributed by atoms with Gasteiger partial charge in [-0.05, 0) is 63.4 Å². The fraction of sp³-hybridized carbons (Fsp3) is 0.355. The van der Waals surface area contributed by atoms with Crippen LogP contribution in [0.2, 0.25) is 0 Å². The molecule has 0 radical (unpaired) electrons. The van der Waals surface area contributed by atoms with Crippen molar-refractivity contribution in [3.05, 3.63) is 95.6 Å². The summed E-state index contributed by atoms with van der Waals surface area (Å²) in [5.74, 6) is -2.15. The first kappa shape index (κ1) is 36.0. The number of aryl methyl sites for hydroxylation is 1. The van der Waals surface area contributed by atoms with Gasteiger partial charge in [0.05, 0.1) is 26.4 Å². The second kappa shape index (κ2) is 17.3. The van der Waals surface area contributed by atoms with Gasteiger partial charge in [-0.3, -0.25) is 9.13 Å². The van der Waals surface area contributed by atoms with Crippen LogP contribution < -0.4 is 21.3 Å². The van der Waals surface area contributed by atoms with Crippen molar-refractivity contribution < 1.29 is 36.8 Å². The van der Waals surface area contributed by atoms with Crippen LogP contribution in [0.3, 0.4) is 0 Å². The van der Waals surface area contributed by atoms with Gasteiger partial charge in [0.1, 0.15) is 0 Å². The first-order chi connectivity index (χ1) is 21.6. The minimum Gasteiger partial charge on any atom is -0.320 e. The highest BCUT2D eigenvalue weighted by Gasteiger charge is 2.39. The van der Waals surface area contributed by atoms with E-state index in [2.05, 4.69) is 21.3 Å². The summed E-state index contributed by atoms with van der Waals surface area (Å²) in [5.41, 5.74) is 2.52. The Labute approximate surface area is 264 Å². The van der Waals surface area contributed by atoms with E-state index >= 15 is 0 Å². The molecule has 0 aliphatic rings. The molecular formula is C31H42N4O8P2.